The number of rotatable bonds is 4. The standard InChI is InChI=1S/C21H27N9O2/c1-3-30-19(14-8-22-13(2)23-9-14)27-17-18(24-12-25-20(17)30)26-15-4-6-28(10-15)21(32)29-7-5-16(31)11-29/h8-9,12,15-16,31H,3-7,10-11H2,1-2H3,(H,24,25,26)/t15-,16+/m0/s1. The van der Waals surface area contributed by atoms with Crippen LogP contribution < -0.4 is 5.32 Å². The molecule has 2 saturated heterocycles. The Balaban J connectivity index is 1.37. The van der Waals surface area contributed by atoms with Crippen LogP contribution in [-0.4, -0.2) is 88.7 Å². The van der Waals surface area contributed by atoms with E-state index < -0.39 is 6.10 Å². The smallest absolute Gasteiger partial charge is 0.320 e. The summed E-state index contributed by atoms with van der Waals surface area (Å²) in [6.07, 6.45) is 6.14. The summed E-state index contributed by atoms with van der Waals surface area (Å²) in [6.45, 7) is 6.88. The molecule has 2 aliphatic rings. The third-order valence-electron chi connectivity index (χ3n) is 6.12. The maximum absolute atomic E-state index is 12.7. The molecule has 0 bridgehead atoms. The second kappa shape index (κ2) is 8.30. The van der Waals surface area contributed by atoms with Crippen molar-refractivity contribution in [1.82, 2.24) is 39.3 Å². The van der Waals surface area contributed by atoms with Gasteiger partial charge in [-0.05, 0) is 26.7 Å². The van der Waals surface area contributed by atoms with Gasteiger partial charge in [-0.2, -0.15) is 0 Å². The molecule has 2 N–H and O–H groups in total. The molecule has 0 spiro atoms. The van der Waals surface area contributed by atoms with E-state index in [2.05, 4.69) is 25.3 Å². The topological polar surface area (TPSA) is 125 Å². The molecule has 0 radical (unpaired) electrons. The first-order chi connectivity index (χ1) is 15.5. The van der Waals surface area contributed by atoms with Crippen LogP contribution in [0, 0.1) is 6.92 Å². The van der Waals surface area contributed by atoms with Crippen LogP contribution in [0.3, 0.4) is 0 Å². The fraction of sp³-hybridized carbons (Fsp3) is 0.524. The van der Waals surface area contributed by atoms with Gasteiger partial charge in [0.15, 0.2) is 17.0 Å². The second-order valence-electron chi connectivity index (χ2n) is 8.34. The van der Waals surface area contributed by atoms with E-state index in [-0.39, 0.29) is 12.1 Å². The maximum Gasteiger partial charge on any atom is 0.320 e. The van der Waals surface area contributed by atoms with Gasteiger partial charge >= 0.3 is 6.03 Å². The Morgan fingerprint density at radius 2 is 1.88 bits per heavy atom. The average molecular weight is 438 g/mol. The maximum atomic E-state index is 12.7. The van der Waals surface area contributed by atoms with Gasteiger partial charge in [0.25, 0.3) is 0 Å². The van der Waals surface area contributed by atoms with Gasteiger partial charge in [-0.3, -0.25) is 0 Å². The molecule has 32 heavy (non-hydrogen) atoms. The third-order valence-corrected chi connectivity index (χ3v) is 6.12. The number of urea groups is 1. The van der Waals surface area contributed by atoms with Crippen molar-refractivity contribution in [3.05, 3.63) is 24.5 Å². The lowest BCUT2D eigenvalue weighted by Crippen LogP contribution is -2.42. The Labute approximate surface area is 185 Å². The largest absolute Gasteiger partial charge is 0.391 e. The number of carbonyl (C=O) groups excluding carboxylic acids is 1. The van der Waals surface area contributed by atoms with Crippen LogP contribution in [0.1, 0.15) is 25.6 Å². The molecule has 0 unspecified atom stereocenters. The molecule has 168 valence electrons. The predicted molar refractivity (Wildman–Crippen MR) is 118 cm³/mol. The van der Waals surface area contributed by atoms with Crippen molar-refractivity contribution in [3.63, 3.8) is 0 Å². The van der Waals surface area contributed by atoms with Gasteiger partial charge in [-0.1, -0.05) is 0 Å². The van der Waals surface area contributed by atoms with E-state index >= 15 is 0 Å². The van der Waals surface area contributed by atoms with Gasteiger partial charge in [0.1, 0.15) is 18.0 Å². The lowest BCUT2D eigenvalue weighted by atomic mass is 10.2. The number of fused-ring (bicyclic) bond motifs is 1. The highest BCUT2D eigenvalue weighted by atomic mass is 16.3. The van der Waals surface area contributed by atoms with E-state index in [1.54, 1.807) is 17.3 Å². The van der Waals surface area contributed by atoms with Gasteiger partial charge < -0.3 is 24.8 Å². The Kier molecular flexibility index (Phi) is 5.33. The van der Waals surface area contributed by atoms with Gasteiger partial charge in [0.05, 0.1) is 11.7 Å². The number of nitrogens with zero attached hydrogens (tertiary/aromatic N) is 8. The summed E-state index contributed by atoms with van der Waals surface area (Å²) in [6, 6.07) is 0.0677. The monoisotopic (exact) mass is 437 g/mol. The summed E-state index contributed by atoms with van der Waals surface area (Å²) in [5.74, 6) is 2.12. The minimum atomic E-state index is -0.411. The summed E-state index contributed by atoms with van der Waals surface area (Å²) < 4.78 is 2.03. The molecular weight excluding hydrogens is 410 g/mol. The molecule has 5 heterocycles. The highest BCUT2D eigenvalue weighted by Crippen LogP contribution is 2.27. The van der Waals surface area contributed by atoms with Crippen molar-refractivity contribution in [2.45, 2.75) is 45.4 Å². The fourth-order valence-electron chi connectivity index (χ4n) is 4.43. The number of aliphatic hydroxyl groups excluding tert-OH is 1. The molecule has 2 amide bonds. The quantitative estimate of drug-likeness (QED) is 0.625. The highest BCUT2D eigenvalue weighted by molar-refractivity contribution is 5.86. The first-order valence-electron chi connectivity index (χ1n) is 11.0. The summed E-state index contributed by atoms with van der Waals surface area (Å²) in [4.78, 5) is 38.6. The van der Waals surface area contributed by atoms with E-state index in [0.29, 0.717) is 56.3 Å². The van der Waals surface area contributed by atoms with Crippen molar-refractivity contribution in [1.29, 1.82) is 0 Å². The molecule has 3 aromatic heterocycles. The number of anilines is 1. The summed E-state index contributed by atoms with van der Waals surface area (Å²) in [7, 11) is 0. The molecule has 0 saturated carbocycles. The van der Waals surface area contributed by atoms with Crippen molar-refractivity contribution in [2.75, 3.05) is 31.5 Å². The molecule has 11 nitrogen and oxygen atoms in total. The van der Waals surface area contributed by atoms with Gasteiger partial charge in [-0.15, -0.1) is 0 Å². The van der Waals surface area contributed by atoms with Crippen molar-refractivity contribution >= 4 is 23.0 Å². The Hall–Kier alpha value is -3.34. The van der Waals surface area contributed by atoms with E-state index in [1.807, 2.05) is 23.3 Å². The second-order valence-corrected chi connectivity index (χ2v) is 8.34. The first-order valence-corrected chi connectivity index (χ1v) is 11.0. The normalized spacial score (nSPS) is 21.0. The minimum Gasteiger partial charge on any atom is -0.391 e. The van der Waals surface area contributed by atoms with Crippen LogP contribution in [0.4, 0.5) is 10.6 Å². The molecule has 2 atom stereocenters. The van der Waals surface area contributed by atoms with Crippen molar-refractivity contribution in [2.24, 2.45) is 0 Å². The predicted octanol–water partition coefficient (Wildman–Crippen LogP) is 1.28. The molecule has 0 aliphatic carbocycles. The Morgan fingerprint density at radius 3 is 2.59 bits per heavy atom. The van der Waals surface area contributed by atoms with Crippen molar-refractivity contribution in [3.8, 4) is 11.4 Å². The number of nitrogens with one attached hydrogen (secondary N) is 1. The molecule has 0 aromatic carbocycles. The van der Waals surface area contributed by atoms with Crippen LogP contribution in [-0.2, 0) is 6.54 Å². The number of carbonyl (C=O) groups is 1. The summed E-state index contributed by atoms with van der Waals surface area (Å²) in [5, 5.41) is 13.2. The van der Waals surface area contributed by atoms with Crippen LogP contribution in [0.25, 0.3) is 22.6 Å². The zero-order chi connectivity index (χ0) is 22.2. The average Bonchev–Trinajstić information content (AvgIpc) is 3.52. The number of β-amino-alcohol motifs (C(OH)–C–C–N with tert-alkyl or cyclic N) is 1. The number of aliphatic hydroxyl groups is 1. The highest BCUT2D eigenvalue weighted by Gasteiger charge is 2.33. The number of aryl methyl sites for hydroxylation is 2. The minimum absolute atomic E-state index is 0.00407. The van der Waals surface area contributed by atoms with E-state index in [1.165, 1.54) is 6.33 Å². The number of hydrogen-bond acceptors (Lipinski definition) is 8. The Morgan fingerprint density at radius 1 is 1.12 bits per heavy atom. The van der Waals surface area contributed by atoms with Gasteiger partial charge in [-0.25, -0.2) is 29.7 Å². The zero-order valence-corrected chi connectivity index (χ0v) is 18.3. The van der Waals surface area contributed by atoms with Crippen LogP contribution in [0.5, 0.6) is 0 Å². The summed E-state index contributed by atoms with van der Waals surface area (Å²) >= 11 is 0. The fourth-order valence-corrected chi connectivity index (χ4v) is 4.43. The molecule has 2 aliphatic heterocycles. The third kappa shape index (κ3) is 3.72. The number of hydrogen-bond donors (Lipinski definition) is 2. The van der Waals surface area contributed by atoms with Crippen LogP contribution in [0.15, 0.2) is 18.7 Å². The van der Waals surface area contributed by atoms with E-state index in [9.17, 15) is 9.90 Å². The van der Waals surface area contributed by atoms with Crippen molar-refractivity contribution < 1.29 is 9.90 Å². The van der Waals surface area contributed by atoms with Crippen LogP contribution >= 0.6 is 0 Å². The summed E-state index contributed by atoms with van der Waals surface area (Å²) in [5.41, 5.74) is 2.27. The SMILES string of the molecule is CCn1c(-c2cnc(C)nc2)nc2c(N[C@H]3CCN(C(=O)N4CC[C@@H](O)C4)C3)ncnc21. The molecule has 2 fully saturated rings. The van der Waals surface area contributed by atoms with Crippen LogP contribution in [0.2, 0.25) is 0 Å². The van der Waals surface area contributed by atoms with Gasteiger partial charge in [0, 0.05) is 51.2 Å². The number of imidazole rings is 1. The molecular formula is C21H27N9O2. The van der Waals surface area contributed by atoms with Gasteiger partial charge in [0.2, 0.25) is 0 Å². The number of likely N-dealkylation sites (tertiary alicyclic amines) is 2. The lowest BCUT2D eigenvalue weighted by Gasteiger charge is -2.24. The number of amides is 2. The first kappa shape index (κ1) is 20.6. The lowest BCUT2D eigenvalue weighted by molar-refractivity contribution is 0.153. The van der Waals surface area contributed by atoms with E-state index in [0.717, 1.165) is 23.5 Å². The zero-order valence-electron chi connectivity index (χ0n) is 18.3. The molecule has 11 heteroatoms. The molecule has 5 rings (SSSR count). The Bertz CT molecular complexity index is 1130. The molecule has 3 aromatic rings. The van der Waals surface area contributed by atoms with E-state index in [4.69, 9.17) is 4.98 Å². The number of aromatic nitrogens is 6.